The third kappa shape index (κ3) is 2.09. The summed E-state index contributed by atoms with van der Waals surface area (Å²) in [6, 6.07) is 8.43. The fraction of sp³-hybridized carbons (Fsp3) is 0.0714. The van der Waals surface area contributed by atoms with Crippen molar-refractivity contribution in [2.24, 2.45) is 0 Å². The van der Waals surface area contributed by atoms with Gasteiger partial charge in [0.05, 0.1) is 12.1 Å². The first-order valence-electron chi connectivity index (χ1n) is 6.01. The average Bonchev–Trinajstić information content (AvgIpc) is 2.64. The van der Waals surface area contributed by atoms with Crippen molar-refractivity contribution in [1.82, 2.24) is 4.31 Å². The first-order valence-corrected chi connectivity index (χ1v) is 7.45. The van der Waals surface area contributed by atoms with Crippen LogP contribution in [0.4, 0.5) is 8.78 Å². The third-order valence-corrected chi connectivity index (χ3v) is 5.02. The van der Waals surface area contributed by atoms with E-state index < -0.39 is 34.1 Å². The molecule has 0 aliphatic carbocycles. The molecule has 0 bridgehead atoms. The second kappa shape index (κ2) is 4.63. The summed E-state index contributed by atoms with van der Waals surface area (Å²) in [5.74, 6) is -2.21. The highest BCUT2D eigenvalue weighted by atomic mass is 32.2. The molecule has 0 unspecified atom stereocenters. The van der Waals surface area contributed by atoms with Gasteiger partial charge in [0.1, 0.15) is 16.5 Å². The molecule has 108 valence electrons. The summed E-state index contributed by atoms with van der Waals surface area (Å²) >= 11 is 0. The van der Waals surface area contributed by atoms with Gasteiger partial charge in [0.2, 0.25) is 0 Å². The molecule has 0 atom stereocenters. The van der Waals surface area contributed by atoms with Gasteiger partial charge in [-0.3, -0.25) is 4.79 Å². The lowest BCUT2D eigenvalue weighted by Crippen LogP contribution is -2.29. The zero-order chi connectivity index (χ0) is 15.2. The molecule has 0 saturated heterocycles. The molecule has 0 radical (unpaired) electrons. The highest BCUT2D eigenvalue weighted by Crippen LogP contribution is 2.31. The molecule has 1 aliphatic rings. The minimum Gasteiger partial charge on any atom is -0.268 e. The van der Waals surface area contributed by atoms with Gasteiger partial charge in [0.15, 0.2) is 0 Å². The maximum atomic E-state index is 13.6. The van der Waals surface area contributed by atoms with Crippen molar-refractivity contribution in [3.63, 3.8) is 0 Å². The molecular weight excluding hydrogens is 300 g/mol. The number of hydrogen-bond acceptors (Lipinski definition) is 3. The van der Waals surface area contributed by atoms with Crippen LogP contribution in [0.25, 0.3) is 0 Å². The molecule has 0 fully saturated rings. The quantitative estimate of drug-likeness (QED) is 0.855. The Hall–Kier alpha value is -2.28. The summed E-state index contributed by atoms with van der Waals surface area (Å²) in [6.07, 6.45) is 0. The molecule has 0 spiro atoms. The Bertz CT molecular complexity index is 849. The van der Waals surface area contributed by atoms with E-state index in [4.69, 9.17) is 0 Å². The second-order valence-corrected chi connectivity index (χ2v) is 6.38. The van der Waals surface area contributed by atoms with Crippen molar-refractivity contribution in [3.8, 4) is 0 Å². The zero-order valence-corrected chi connectivity index (χ0v) is 11.4. The highest BCUT2D eigenvalue weighted by Gasteiger charge is 2.41. The monoisotopic (exact) mass is 309 g/mol. The van der Waals surface area contributed by atoms with E-state index in [2.05, 4.69) is 0 Å². The fourth-order valence-electron chi connectivity index (χ4n) is 2.21. The summed E-state index contributed by atoms with van der Waals surface area (Å²) < 4.78 is 51.9. The Morgan fingerprint density at radius 3 is 2.48 bits per heavy atom. The van der Waals surface area contributed by atoms with Gasteiger partial charge in [-0.1, -0.05) is 12.1 Å². The minimum absolute atomic E-state index is 0.0364. The molecule has 7 heteroatoms. The van der Waals surface area contributed by atoms with Gasteiger partial charge in [-0.25, -0.2) is 21.5 Å². The Morgan fingerprint density at radius 1 is 1.05 bits per heavy atom. The first-order chi connectivity index (χ1) is 9.91. The number of rotatable bonds is 2. The lowest BCUT2D eigenvalue weighted by Gasteiger charge is -2.15. The van der Waals surface area contributed by atoms with Crippen LogP contribution in [-0.4, -0.2) is 18.6 Å². The average molecular weight is 309 g/mol. The number of hydrogen-bond donors (Lipinski definition) is 0. The normalized spacial score (nSPS) is 16.1. The predicted molar refractivity (Wildman–Crippen MR) is 69.9 cm³/mol. The maximum absolute atomic E-state index is 13.6. The van der Waals surface area contributed by atoms with E-state index in [9.17, 15) is 22.0 Å². The molecule has 1 amide bonds. The number of carbonyl (C=O) groups is 1. The summed E-state index contributed by atoms with van der Waals surface area (Å²) in [6.45, 7) is -0.542. The molecule has 2 aromatic carbocycles. The Labute approximate surface area is 119 Å². The van der Waals surface area contributed by atoms with E-state index in [1.165, 1.54) is 18.2 Å². The van der Waals surface area contributed by atoms with Crippen LogP contribution in [0.5, 0.6) is 0 Å². The fourth-order valence-corrected chi connectivity index (χ4v) is 3.75. The van der Waals surface area contributed by atoms with Gasteiger partial charge >= 0.3 is 0 Å². The molecule has 1 aliphatic heterocycles. The van der Waals surface area contributed by atoms with Crippen LogP contribution in [0.1, 0.15) is 15.9 Å². The number of carbonyl (C=O) groups excluding carboxylic acids is 1. The first kappa shape index (κ1) is 13.7. The van der Waals surface area contributed by atoms with Crippen LogP contribution < -0.4 is 0 Å². The number of fused-ring (bicyclic) bond motifs is 1. The molecule has 1 heterocycles. The largest absolute Gasteiger partial charge is 0.269 e. The van der Waals surface area contributed by atoms with Crippen molar-refractivity contribution < 1.29 is 22.0 Å². The molecule has 0 saturated carbocycles. The summed E-state index contributed by atoms with van der Waals surface area (Å²) in [4.78, 5) is 12.0. The molecule has 3 rings (SSSR count). The van der Waals surface area contributed by atoms with Gasteiger partial charge < -0.3 is 0 Å². The van der Waals surface area contributed by atoms with Gasteiger partial charge in [-0.05, 0) is 30.3 Å². The number of amides is 1. The van der Waals surface area contributed by atoms with Crippen LogP contribution in [0, 0.1) is 11.6 Å². The van der Waals surface area contributed by atoms with E-state index in [1.54, 1.807) is 6.07 Å². The third-order valence-electron chi connectivity index (χ3n) is 3.23. The van der Waals surface area contributed by atoms with Gasteiger partial charge in [0.25, 0.3) is 15.9 Å². The van der Waals surface area contributed by atoms with Crippen molar-refractivity contribution >= 4 is 15.9 Å². The molecule has 21 heavy (non-hydrogen) atoms. The second-order valence-electron chi connectivity index (χ2n) is 4.55. The highest BCUT2D eigenvalue weighted by molar-refractivity contribution is 7.90. The van der Waals surface area contributed by atoms with E-state index in [0.29, 0.717) is 4.31 Å². The molecule has 4 nitrogen and oxygen atoms in total. The molecular formula is C14H9F2NO3S. The standard InChI is InChI=1S/C14H9F2NO3S/c15-10-5-6-12(16)9(7-10)8-17-14(18)11-3-1-2-4-13(11)21(17,19)20/h1-7H,8H2. The van der Waals surface area contributed by atoms with E-state index in [0.717, 1.165) is 18.2 Å². The topological polar surface area (TPSA) is 54.5 Å². The van der Waals surface area contributed by atoms with Gasteiger partial charge in [0, 0.05) is 5.56 Å². The number of benzene rings is 2. The van der Waals surface area contributed by atoms with E-state index >= 15 is 0 Å². The van der Waals surface area contributed by atoms with E-state index in [1.807, 2.05) is 0 Å². The molecule has 2 aromatic rings. The predicted octanol–water partition coefficient (Wildman–Crippen LogP) is 2.31. The van der Waals surface area contributed by atoms with Crippen molar-refractivity contribution in [1.29, 1.82) is 0 Å². The minimum atomic E-state index is -4.03. The number of halogens is 2. The summed E-state index contributed by atoms with van der Waals surface area (Å²) in [5.41, 5.74) is -0.158. The lowest BCUT2D eigenvalue weighted by atomic mass is 10.2. The Balaban J connectivity index is 2.05. The van der Waals surface area contributed by atoms with Crippen LogP contribution in [0.2, 0.25) is 0 Å². The van der Waals surface area contributed by atoms with Crippen LogP contribution in [-0.2, 0) is 16.6 Å². The van der Waals surface area contributed by atoms with Gasteiger partial charge in [-0.2, -0.15) is 0 Å². The number of nitrogens with zero attached hydrogens (tertiary/aromatic N) is 1. The van der Waals surface area contributed by atoms with Crippen LogP contribution in [0.15, 0.2) is 47.4 Å². The Morgan fingerprint density at radius 2 is 1.76 bits per heavy atom. The van der Waals surface area contributed by atoms with Crippen LogP contribution in [0.3, 0.4) is 0 Å². The smallest absolute Gasteiger partial charge is 0.268 e. The van der Waals surface area contributed by atoms with Gasteiger partial charge in [-0.15, -0.1) is 0 Å². The SMILES string of the molecule is O=C1c2ccccc2S(=O)(=O)N1Cc1cc(F)ccc1F. The van der Waals surface area contributed by atoms with Crippen molar-refractivity contribution in [3.05, 3.63) is 65.2 Å². The van der Waals surface area contributed by atoms with Crippen LogP contribution >= 0.6 is 0 Å². The van der Waals surface area contributed by atoms with E-state index in [-0.39, 0.29) is 16.0 Å². The molecule has 0 N–H and O–H groups in total. The maximum Gasteiger partial charge on any atom is 0.269 e. The summed E-state index contributed by atoms with van der Waals surface area (Å²) in [5, 5.41) is 0. The zero-order valence-electron chi connectivity index (χ0n) is 10.6. The number of sulfonamides is 1. The Kier molecular flexibility index (Phi) is 3.02. The van der Waals surface area contributed by atoms with Crippen molar-refractivity contribution in [2.45, 2.75) is 11.4 Å². The molecule has 0 aromatic heterocycles. The van der Waals surface area contributed by atoms with Crippen molar-refractivity contribution in [2.75, 3.05) is 0 Å². The summed E-state index contributed by atoms with van der Waals surface area (Å²) in [7, 11) is -4.03. The lowest BCUT2D eigenvalue weighted by molar-refractivity contribution is 0.0864.